The van der Waals surface area contributed by atoms with Gasteiger partial charge in [-0.25, -0.2) is 4.79 Å². The molecule has 0 aliphatic heterocycles. The number of ether oxygens (including phenoxy) is 1. The van der Waals surface area contributed by atoms with Crippen molar-refractivity contribution >= 4 is 5.97 Å². The van der Waals surface area contributed by atoms with Crippen molar-refractivity contribution in [2.75, 3.05) is 0 Å². The van der Waals surface area contributed by atoms with E-state index >= 15 is 0 Å². The maximum Gasteiger partial charge on any atom is 0.330 e. The Labute approximate surface area is 87.3 Å². The molecule has 0 bridgehead atoms. The Morgan fingerprint density at radius 2 is 1.86 bits per heavy atom. The Bertz CT molecular complexity index is 194. The summed E-state index contributed by atoms with van der Waals surface area (Å²) >= 11 is 0. The van der Waals surface area contributed by atoms with Crippen molar-refractivity contribution in [1.29, 1.82) is 0 Å². The van der Waals surface area contributed by atoms with Gasteiger partial charge in [0, 0.05) is 6.08 Å². The monoisotopic (exact) mass is 198 g/mol. The Morgan fingerprint density at radius 3 is 2.29 bits per heavy atom. The third kappa shape index (κ3) is 5.79. The van der Waals surface area contributed by atoms with Gasteiger partial charge in [-0.15, -0.1) is 0 Å². The normalized spacial score (nSPS) is 15.9. The fraction of sp³-hybridized carbons (Fsp3) is 0.750. The van der Waals surface area contributed by atoms with Gasteiger partial charge in [-0.1, -0.05) is 26.8 Å². The summed E-state index contributed by atoms with van der Waals surface area (Å²) in [5, 5.41) is 0. The molecule has 0 aromatic carbocycles. The number of carbonyl (C=O) groups excluding carboxylic acids is 1. The van der Waals surface area contributed by atoms with E-state index in [1.165, 1.54) is 6.08 Å². The van der Waals surface area contributed by atoms with Crippen LogP contribution in [0.3, 0.4) is 0 Å². The summed E-state index contributed by atoms with van der Waals surface area (Å²) < 4.78 is 5.19. The number of allylic oxidation sites excluding steroid dienone is 1. The zero-order valence-electron chi connectivity index (χ0n) is 9.91. The van der Waals surface area contributed by atoms with Gasteiger partial charge in [0.15, 0.2) is 0 Å². The van der Waals surface area contributed by atoms with E-state index in [0.29, 0.717) is 11.8 Å². The largest absolute Gasteiger partial charge is 0.460 e. The molecule has 0 heterocycles. The molecule has 2 unspecified atom stereocenters. The lowest BCUT2D eigenvalue weighted by Gasteiger charge is -2.19. The van der Waals surface area contributed by atoms with E-state index in [0.717, 1.165) is 6.42 Å². The second-order valence-corrected chi connectivity index (χ2v) is 4.20. The quantitative estimate of drug-likeness (QED) is 0.501. The topological polar surface area (TPSA) is 26.3 Å². The van der Waals surface area contributed by atoms with Crippen LogP contribution in [0.15, 0.2) is 12.2 Å². The van der Waals surface area contributed by atoms with Crippen LogP contribution >= 0.6 is 0 Å². The number of carbonyl (C=O) groups is 1. The van der Waals surface area contributed by atoms with Crippen LogP contribution in [0.5, 0.6) is 0 Å². The van der Waals surface area contributed by atoms with Crippen LogP contribution in [0.4, 0.5) is 0 Å². The van der Waals surface area contributed by atoms with Gasteiger partial charge >= 0.3 is 5.97 Å². The Kier molecular flexibility index (Phi) is 6.26. The Balaban J connectivity index is 3.86. The van der Waals surface area contributed by atoms with Gasteiger partial charge < -0.3 is 4.74 Å². The van der Waals surface area contributed by atoms with E-state index in [9.17, 15) is 4.79 Å². The molecule has 2 atom stereocenters. The first-order chi connectivity index (χ1) is 6.47. The van der Waals surface area contributed by atoms with Crippen molar-refractivity contribution in [3.8, 4) is 0 Å². The van der Waals surface area contributed by atoms with Crippen molar-refractivity contribution in [3.63, 3.8) is 0 Å². The van der Waals surface area contributed by atoms with Gasteiger partial charge in [0.1, 0.15) is 0 Å². The van der Waals surface area contributed by atoms with Gasteiger partial charge in [0.2, 0.25) is 0 Å². The molecule has 0 fully saturated rings. The average Bonchev–Trinajstić information content (AvgIpc) is 2.03. The first-order valence-electron chi connectivity index (χ1n) is 5.30. The van der Waals surface area contributed by atoms with Crippen LogP contribution in [0.2, 0.25) is 0 Å². The Hall–Kier alpha value is -0.790. The molecule has 0 radical (unpaired) electrons. The predicted octanol–water partition coefficient (Wildman–Crippen LogP) is 3.18. The summed E-state index contributed by atoms with van der Waals surface area (Å²) in [5.74, 6) is 0.984. The highest BCUT2D eigenvalue weighted by Gasteiger charge is 2.14. The Morgan fingerprint density at radius 1 is 1.29 bits per heavy atom. The van der Waals surface area contributed by atoms with E-state index in [1.54, 1.807) is 6.08 Å². The zero-order chi connectivity index (χ0) is 11.1. The summed E-state index contributed by atoms with van der Waals surface area (Å²) in [6, 6.07) is 0. The smallest absolute Gasteiger partial charge is 0.330 e. The zero-order valence-corrected chi connectivity index (χ0v) is 9.91. The lowest BCUT2D eigenvalue weighted by molar-refractivity contribution is -0.143. The van der Waals surface area contributed by atoms with Crippen LogP contribution in [0.25, 0.3) is 0 Å². The number of esters is 1. The number of hydrogen-bond acceptors (Lipinski definition) is 2. The fourth-order valence-corrected chi connectivity index (χ4v) is 1.22. The highest BCUT2D eigenvalue weighted by molar-refractivity contribution is 5.81. The molecule has 0 amide bonds. The van der Waals surface area contributed by atoms with Crippen LogP contribution in [-0.4, -0.2) is 12.1 Å². The van der Waals surface area contributed by atoms with Gasteiger partial charge in [-0.2, -0.15) is 0 Å². The summed E-state index contributed by atoms with van der Waals surface area (Å²) in [5.41, 5.74) is 0. The molecule has 0 aliphatic rings. The lowest BCUT2D eigenvalue weighted by atomic mass is 9.92. The first kappa shape index (κ1) is 13.2. The molecule has 14 heavy (non-hydrogen) atoms. The summed E-state index contributed by atoms with van der Waals surface area (Å²) in [6.07, 6.45) is 4.09. The summed E-state index contributed by atoms with van der Waals surface area (Å²) in [4.78, 5) is 11.1. The second-order valence-electron chi connectivity index (χ2n) is 4.20. The minimum Gasteiger partial charge on any atom is -0.460 e. The molecule has 2 heteroatoms. The molecule has 0 rings (SSSR count). The average molecular weight is 198 g/mol. The third-order valence-corrected chi connectivity index (χ3v) is 2.46. The fourth-order valence-electron chi connectivity index (χ4n) is 1.22. The molecule has 82 valence electrons. The molecule has 0 N–H and O–H groups in total. The van der Waals surface area contributed by atoms with Crippen molar-refractivity contribution in [2.45, 2.75) is 47.1 Å². The van der Waals surface area contributed by atoms with Gasteiger partial charge in [0.25, 0.3) is 0 Å². The van der Waals surface area contributed by atoms with Crippen molar-refractivity contribution in [3.05, 3.63) is 12.2 Å². The molecule has 0 aromatic rings. The van der Waals surface area contributed by atoms with E-state index < -0.39 is 0 Å². The maximum absolute atomic E-state index is 11.1. The number of hydrogen-bond donors (Lipinski definition) is 0. The SMILES string of the molecule is CC=CC(=O)OC(C)CC(C)C(C)C. The predicted molar refractivity (Wildman–Crippen MR) is 59.0 cm³/mol. The minimum absolute atomic E-state index is 0.0103. The van der Waals surface area contributed by atoms with Crippen molar-refractivity contribution < 1.29 is 9.53 Å². The van der Waals surface area contributed by atoms with E-state index in [4.69, 9.17) is 4.74 Å². The van der Waals surface area contributed by atoms with E-state index in [-0.39, 0.29) is 12.1 Å². The second kappa shape index (κ2) is 6.63. The van der Waals surface area contributed by atoms with Crippen LogP contribution in [-0.2, 0) is 9.53 Å². The van der Waals surface area contributed by atoms with Gasteiger partial charge in [-0.3, -0.25) is 0 Å². The first-order valence-corrected chi connectivity index (χ1v) is 5.30. The van der Waals surface area contributed by atoms with Crippen LogP contribution in [0.1, 0.15) is 41.0 Å². The lowest BCUT2D eigenvalue weighted by Crippen LogP contribution is -2.18. The van der Waals surface area contributed by atoms with Gasteiger partial charge in [0.05, 0.1) is 6.10 Å². The third-order valence-electron chi connectivity index (χ3n) is 2.46. The molecule has 0 saturated heterocycles. The van der Waals surface area contributed by atoms with Crippen LogP contribution in [0, 0.1) is 11.8 Å². The maximum atomic E-state index is 11.1. The highest BCUT2D eigenvalue weighted by atomic mass is 16.5. The van der Waals surface area contributed by atoms with E-state index in [1.807, 2.05) is 13.8 Å². The number of rotatable bonds is 5. The van der Waals surface area contributed by atoms with Crippen molar-refractivity contribution in [2.24, 2.45) is 11.8 Å². The highest BCUT2D eigenvalue weighted by Crippen LogP contribution is 2.17. The molecule has 0 aliphatic carbocycles. The molecular formula is C12H22O2. The molecule has 0 spiro atoms. The molecular weight excluding hydrogens is 176 g/mol. The minimum atomic E-state index is -0.240. The van der Waals surface area contributed by atoms with Crippen LogP contribution < -0.4 is 0 Å². The standard InChI is InChI=1S/C12H22O2/c1-6-7-12(13)14-11(5)8-10(4)9(2)3/h6-7,9-11H,8H2,1-5H3. The van der Waals surface area contributed by atoms with E-state index in [2.05, 4.69) is 20.8 Å². The summed E-state index contributed by atoms with van der Waals surface area (Å²) in [7, 11) is 0. The molecule has 0 aromatic heterocycles. The van der Waals surface area contributed by atoms with Gasteiger partial charge in [-0.05, 0) is 32.1 Å². The molecule has 2 nitrogen and oxygen atoms in total. The van der Waals surface area contributed by atoms with Crippen molar-refractivity contribution in [1.82, 2.24) is 0 Å². The summed E-state index contributed by atoms with van der Waals surface area (Å²) in [6.45, 7) is 10.3. The molecule has 0 saturated carbocycles.